The van der Waals surface area contributed by atoms with Crippen LogP contribution in [0.5, 0.6) is 0 Å². The van der Waals surface area contributed by atoms with Crippen LogP contribution in [0.1, 0.15) is 32.2 Å². The number of nitrogens with one attached hydrogen (secondary N) is 1. The molecule has 5 heteroatoms. The molecule has 1 heterocycles. The number of halogens is 1. The molecule has 19 heavy (non-hydrogen) atoms. The minimum atomic E-state index is -0.106. The highest BCUT2D eigenvalue weighted by Crippen LogP contribution is 2.25. The Balaban J connectivity index is 2.76. The summed E-state index contributed by atoms with van der Waals surface area (Å²) >= 11 is 8.01. The molecule has 0 saturated carbocycles. The minimum Gasteiger partial charge on any atom is -0.369 e. The second kappa shape index (κ2) is 7.15. The van der Waals surface area contributed by atoms with E-state index < -0.39 is 0 Å². The molecule has 0 bridgehead atoms. The van der Waals surface area contributed by atoms with Gasteiger partial charge in [-0.25, -0.2) is 9.97 Å². The first-order chi connectivity index (χ1) is 8.86. The zero-order chi connectivity index (χ0) is 14.5. The minimum absolute atomic E-state index is 0.106. The molecule has 0 radical (unpaired) electrons. The van der Waals surface area contributed by atoms with Crippen LogP contribution in [0.15, 0.2) is 12.7 Å². The quantitative estimate of drug-likeness (QED) is 0.488. The molecule has 0 atom stereocenters. The van der Waals surface area contributed by atoms with Crippen LogP contribution >= 0.6 is 23.4 Å². The normalized spacial score (nSPS) is 11.4. The van der Waals surface area contributed by atoms with E-state index in [2.05, 4.69) is 42.6 Å². The van der Waals surface area contributed by atoms with Gasteiger partial charge < -0.3 is 5.32 Å². The Labute approximate surface area is 125 Å². The SMILES string of the molecule is C=CCSCCNc1nc(C(C)(C)C)nc(Cl)c1C. The number of aromatic nitrogens is 2. The van der Waals surface area contributed by atoms with Gasteiger partial charge in [0.2, 0.25) is 0 Å². The summed E-state index contributed by atoms with van der Waals surface area (Å²) in [6.45, 7) is 12.7. The van der Waals surface area contributed by atoms with Gasteiger partial charge in [0.05, 0.1) is 0 Å². The predicted octanol–water partition coefficient (Wildman–Crippen LogP) is 4.07. The van der Waals surface area contributed by atoms with Gasteiger partial charge in [0, 0.05) is 29.0 Å². The Kier molecular flexibility index (Phi) is 6.14. The summed E-state index contributed by atoms with van der Waals surface area (Å²) in [6, 6.07) is 0. The number of thioether (sulfide) groups is 1. The highest BCUT2D eigenvalue weighted by atomic mass is 35.5. The van der Waals surface area contributed by atoms with Crippen LogP contribution in [0.2, 0.25) is 5.15 Å². The summed E-state index contributed by atoms with van der Waals surface area (Å²) in [6.07, 6.45) is 1.91. The molecule has 0 aliphatic rings. The van der Waals surface area contributed by atoms with E-state index in [-0.39, 0.29) is 5.41 Å². The fourth-order valence-corrected chi connectivity index (χ4v) is 2.15. The van der Waals surface area contributed by atoms with Gasteiger partial charge in [0.1, 0.15) is 16.8 Å². The molecule has 106 valence electrons. The molecule has 3 nitrogen and oxygen atoms in total. The molecular weight excluding hydrogens is 278 g/mol. The lowest BCUT2D eigenvalue weighted by Gasteiger charge is -2.19. The Morgan fingerprint density at radius 3 is 2.63 bits per heavy atom. The van der Waals surface area contributed by atoms with Crippen molar-refractivity contribution >= 4 is 29.2 Å². The van der Waals surface area contributed by atoms with E-state index in [0.717, 1.165) is 35.3 Å². The van der Waals surface area contributed by atoms with Crippen LogP contribution in [0, 0.1) is 6.92 Å². The van der Waals surface area contributed by atoms with E-state index in [9.17, 15) is 0 Å². The second-order valence-electron chi connectivity index (χ2n) is 5.35. The van der Waals surface area contributed by atoms with Crippen molar-refractivity contribution in [1.82, 2.24) is 9.97 Å². The monoisotopic (exact) mass is 299 g/mol. The zero-order valence-electron chi connectivity index (χ0n) is 12.1. The maximum Gasteiger partial charge on any atom is 0.137 e. The first-order valence-corrected chi connectivity index (χ1v) is 7.86. The van der Waals surface area contributed by atoms with Crippen LogP contribution in [-0.2, 0) is 5.41 Å². The summed E-state index contributed by atoms with van der Waals surface area (Å²) in [5.74, 6) is 3.59. The van der Waals surface area contributed by atoms with E-state index in [1.165, 1.54) is 0 Å². The maximum atomic E-state index is 6.18. The summed E-state index contributed by atoms with van der Waals surface area (Å²) < 4.78 is 0. The molecule has 1 aromatic rings. The van der Waals surface area contributed by atoms with E-state index in [0.29, 0.717) is 5.15 Å². The van der Waals surface area contributed by atoms with Crippen molar-refractivity contribution in [2.75, 3.05) is 23.4 Å². The van der Waals surface area contributed by atoms with Crippen molar-refractivity contribution in [2.45, 2.75) is 33.1 Å². The van der Waals surface area contributed by atoms with Crippen molar-refractivity contribution < 1.29 is 0 Å². The molecular formula is C14H22ClN3S. The first-order valence-electron chi connectivity index (χ1n) is 6.33. The van der Waals surface area contributed by atoms with Crippen molar-refractivity contribution in [3.8, 4) is 0 Å². The Hall–Kier alpha value is -0.740. The van der Waals surface area contributed by atoms with Gasteiger partial charge in [-0.15, -0.1) is 6.58 Å². The van der Waals surface area contributed by atoms with Crippen molar-refractivity contribution in [3.63, 3.8) is 0 Å². The highest BCUT2D eigenvalue weighted by Gasteiger charge is 2.20. The average Bonchev–Trinajstić information content (AvgIpc) is 2.32. The highest BCUT2D eigenvalue weighted by molar-refractivity contribution is 7.99. The lowest BCUT2D eigenvalue weighted by Crippen LogP contribution is -2.19. The van der Waals surface area contributed by atoms with Gasteiger partial charge in [-0.05, 0) is 6.92 Å². The number of hydrogen-bond donors (Lipinski definition) is 1. The Morgan fingerprint density at radius 2 is 2.05 bits per heavy atom. The lowest BCUT2D eigenvalue weighted by molar-refractivity contribution is 0.545. The molecule has 0 spiro atoms. The van der Waals surface area contributed by atoms with Crippen LogP contribution < -0.4 is 5.32 Å². The summed E-state index contributed by atoms with van der Waals surface area (Å²) in [4.78, 5) is 8.94. The number of anilines is 1. The molecule has 1 N–H and O–H groups in total. The van der Waals surface area contributed by atoms with E-state index >= 15 is 0 Å². The molecule has 0 amide bonds. The molecule has 1 rings (SSSR count). The first kappa shape index (κ1) is 16.3. The summed E-state index contributed by atoms with van der Waals surface area (Å²) in [5.41, 5.74) is 0.800. The maximum absolute atomic E-state index is 6.18. The van der Waals surface area contributed by atoms with Gasteiger partial charge in [-0.3, -0.25) is 0 Å². The number of hydrogen-bond acceptors (Lipinski definition) is 4. The van der Waals surface area contributed by atoms with E-state index in [1.54, 1.807) is 0 Å². The van der Waals surface area contributed by atoms with E-state index in [4.69, 9.17) is 11.6 Å². The third-order valence-corrected chi connectivity index (χ3v) is 3.86. The topological polar surface area (TPSA) is 37.8 Å². The smallest absolute Gasteiger partial charge is 0.137 e. The molecule has 0 aliphatic carbocycles. The Morgan fingerprint density at radius 1 is 1.37 bits per heavy atom. The molecule has 0 saturated heterocycles. The average molecular weight is 300 g/mol. The molecule has 0 unspecified atom stereocenters. The fraction of sp³-hybridized carbons (Fsp3) is 0.571. The van der Waals surface area contributed by atoms with Crippen LogP contribution in [0.4, 0.5) is 5.82 Å². The third-order valence-electron chi connectivity index (χ3n) is 2.53. The van der Waals surface area contributed by atoms with Gasteiger partial charge in [0.25, 0.3) is 0 Å². The lowest BCUT2D eigenvalue weighted by atomic mass is 9.95. The largest absolute Gasteiger partial charge is 0.369 e. The Bertz CT molecular complexity index is 441. The van der Waals surface area contributed by atoms with Crippen molar-refractivity contribution in [3.05, 3.63) is 29.2 Å². The van der Waals surface area contributed by atoms with Crippen LogP contribution in [-0.4, -0.2) is 28.0 Å². The summed E-state index contributed by atoms with van der Waals surface area (Å²) in [5, 5.41) is 3.86. The van der Waals surface area contributed by atoms with Gasteiger partial charge in [-0.1, -0.05) is 38.4 Å². The molecule has 0 fully saturated rings. The fourth-order valence-electron chi connectivity index (χ4n) is 1.41. The van der Waals surface area contributed by atoms with Crippen molar-refractivity contribution in [1.29, 1.82) is 0 Å². The van der Waals surface area contributed by atoms with E-state index in [1.807, 2.05) is 24.8 Å². The predicted molar refractivity (Wildman–Crippen MR) is 86.5 cm³/mol. The molecule has 1 aromatic heterocycles. The van der Waals surface area contributed by atoms with Crippen LogP contribution in [0.25, 0.3) is 0 Å². The molecule has 0 aliphatic heterocycles. The standard InChI is InChI=1S/C14H22ClN3S/c1-6-8-19-9-7-16-12-10(2)11(15)17-13(18-12)14(3,4)5/h6H,1,7-9H2,2-5H3,(H,16,17,18). The molecule has 0 aromatic carbocycles. The third kappa shape index (κ3) is 5.03. The number of rotatable bonds is 6. The van der Waals surface area contributed by atoms with Gasteiger partial charge in [-0.2, -0.15) is 11.8 Å². The number of nitrogens with zero attached hydrogens (tertiary/aromatic N) is 2. The van der Waals surface area contributed by atoms with Gasteiger partial charge >= 0.3 is 0 Å². The zero-order valence-corrected chi connectivity index (χ0v) is 13.7. The second-order valence-corrected chi connectivity index (χ2v) is 6.86. The van der Waals surface area contributed by atoms with Crippen LogP contribution in [0.3, 0.4) is 0 Å². The van der Waals surface area contributed by atoms with Gasteiger partial charge in [0.15, 0.2) is 0 Å². The summed E-state index contributed by atoms with van der Waals surface area (Å²) in [7, 11) is 0. The van der Waals surface area contributed by atoms with Crippen molar-refractivity contribution in [2.24, 2.45) is 0 Å².